The number of hydrogen-bond donors (Lipinski definition) is 2. The molecule has 1 atom stereocenters. The molecule has 1 unspecified atom stereocenters. The molecule has 0 aromatic heterocycles. The Morgan fingerprint density at radius 3 is 2.22 bits per heavy atom. The number of aryl methyl sites for hydroxylation is 1. The maximum absolute atomic E-state index is 5.60. The van der Waals surface area contributed by atoms with E-state index in [1.165, 1.54) is 0 Å². The fraction of sp³-hybridized carbons (Fsp3) is 0.174. The summed E-state index contributed by atoms with van der Waals surface area (Å²) < 4.78 is 0. The second-order valence-corrected chi connectivity index (χ2v) is 5.99. The number of anilines is 2. The predicted molar refractivity (Wildman–Crippen MR) is 112 cm³/mol. The van der Waals surface area contributed by atoms with E-state index in [4.69, 9.17) is 4.84 Å². The fourth-order valence-corrected chi connectivity index (χ4v) is 2.81. The number of nitrogens with one attached hydrogen (secondary N) is 2. The van der Waals surface area contributed by atoms with Crippen LogP contribution in [0.3, 0.4) is 0 Å². The van der Waals surface area contributed by atoms with Crippen LogP contribution in [0.2, 0.25) is 0 Å². The molecule has 0 saturated carbocycles. The summed E-state index contributed by atoms with van der Waals surface area (Å²) in [7, 11) is 0. The van der Waals surface area contributed by atoms with Crippen LogP contribution in [0.1, 0.15) is 36.7 Å². The van der Waals surface area contributed by atoms with Gasteiger partial charge in [0, 0.05) is 16.9 Å². The summed E-state index contributed by atoms with van der Waals surface area (Å²) in [5.74, 6) is 0.614. The SMILES string of the molecule is CC.Cc1cc(C2=NC(c3ccccc3)NO2)ccc1Nc1ccccc1. The first-order valence-corrected chi connectivity index (χ1v) is 9.28. The molecule has 1 heterocycles. The van der Waals surface area contributed by atoms with Crippen LogP contribution in [0.15, 0.2) is 83.9 Å². The maximum Gasteiger partial charge on any atom is 0.242 e. The van der Waals surface area contributed by atoms with E-state index in [0.717, 1.165) is 28.1 Å². The second kappa shape index (κ2) is 9.01. The molecule has 27 heavy (non-hydrogen) atoms. The van der Waals surface area contributed by atoms with Crippen LogP contribution in [0.25, 0.3) is 0 Å². The third-order valence-corrected chi connectivity index (χ3v) is 4.16. The predicted octanol–water partition coefficient (Wildman–Crippen LogP) is 5.75. The van der Waals surface area contributed by atoms with Crippen molar-refractivity contribution < 1.29 is 4.84 Å². The molecule has 4 heteroatoms. The molecule has 0 bridgehead atoms. The van der Waals surface area contributed by atoms with Gasteiger partial charge in [-0.3, -0.25) is 0 Å². The molecule has 1 aliphatic rings. The van der Waals surface area contributed by atoms with Crippen molar-refractivity contribution in [2.45, 2.75) is 26.9 Å². The Morgan fingerprint density at radius 2 is 1.56 bits per heavy atom. The van der Waals surface area contributed by atoms with Gasteiger partial charge in [-0.05, 0) is 48.4 Å². The Balaban J connectivity index is 0.00000102. The lowest BCUT2D eigenvalue weighted by molar-refractivity contribution is 0.180. The van der Waals surface area contributed by atoms with Crippen molar-refractivity contribution in [2.75, 3.05) is 5.32 Å². The monoisotopic (exact) mass is 359 g/mol. The summed E-state index contributed by atoms with van der Waals surface area (Å²) in [6.45, 7) is 6.08. The number of rotatable bonds is 4. The Hall–Kier alpha value is -3.11. The molecule has 1 aliphatic heterocycles. The largest absolute Gasteiger partial charge is 0.386 e. The van der Waals surface area contributed by atoms with Gasteiger partial charge in [-0.1, -0.05) is 62.4 Å². The first-order chi connectivity index (χ1) is 13.3. The normalized spacial score (nSPS) is 15.2. The highest BCUT2D eigenvalue weighted by molar-refractivity contribution is 5.95. The topological polar surface area (TPSA) is 45.7 Å². The van der Waals surface area contributed by atoms with Gasteiger partial charge in [0.25, 0.3) is 0 Å². The standard InChI is InChI=1S/C21H19N3O.C2H6/c1-15-14-17(12-13-19(15)22-18-10-6-3-7-11-18)21-23-20(24-25-21)16-8-4-2-5-9-16;1-2/h2-14,20,22,24H,1H3;1-2H3. The summed E-state index contributed by atoms with van der Waals surface area (Å²) in [6.07, 6.45) is -0.168. The van der Waals surface area contributed by atoms with Gasteiger partial charge >= 0.3 is 0 Å². The van der Waals surface area contributed by atoms with E-state index in [1.54, 1.807) is 0 Å². The number of aliphatic imine (C=N–C) groups is 1. The Labute approximate surface area is 160 Å². The van der Waals surface area contributed by atoms with Crippen LogP contribution < -0.4 is 10.8 Å². The lowest BCUT2D eigenvalue weighted by Crippen LogP contribution is -2.14. The second-order valence-electron chi connectivity index (χ2n) is 5.99. The molecule has 4 rings (SSSR count). The van der Waals surface area contributed by atoms with Gasteiger partial charge in [-0.15, -0.1) is 5.48 Å². The lowest BCUT2D eigenvalue weighted by Gasteiger charge is -2.11. The molecule has 0 radical (unpaired) electrons. The van der Waals surface area contributed by atoms with Gasteiger partial charge in [0.15, 0.2) is 6.17 Å². The van der Waals surface area contributed by atoms with Crippen molar-refractivity contribution in [1.82, 2.24) is 5.48 Å². The number of hydrogen-bond acceptors (Lipinski definition) is 4. The van der Waals surface area contributed by atoms with Crippen LogP contribution in [0, 0.1) is 6.92 Å². The summed E-state index contributed by atoms with van der Waals surface area (Å²) in [6, 6.07) is 26.3. The molecule has 3 aromatic rings. The number of benzene rings is 3. The first kappa shape index (κ1) is 18.7. The molecule has 3 aromatic carbocycles. The minimum atomic E-state index is -0.168. The van der Waals surface area contributed by atoms with E-state index in [1.807, 2.05) is 80.6 Å². The van der Waals surface area contributed by atoms with Gasteiger partial charge < -0.3 is 10.2 Å². The lowest BCUT2D eigenvalue weighted by atomic mass is 10.1. The fourth-order valence-electron chi connectivity index (χ4n) is 2.81. The van der Waals surface area contributed by atoms with Crippen molar-refractivity contribution in [2.24, 2.45) is 4.99 Å². The van der Waals surface area contributed by atoms with Crippen molar-refractivity contribution >= 4 is 17.3 Å². The van der Waals surface area contributed by atoms with Crippen LogP contribution in [-0.4, -0.2) is 5.90 Å². The third kappa shape index (κ3) is 4.54. The maximum atomic E-state index is 5.60. The van der Waals surface area contributed by atoms with Crippen LogP contribution in [0.5, 0.6) is 0 Å². The van der Waals surface area contributed by atoms with Gasteiger partial charge in [0.1, 0.15) is 0 Å². The molecule has 0 fully saturated rings. The summed E-state index contributed by atoms with van der Waals surface area (Å²) in [5.41, 5.74) is 8.29. The Bertz CT molecular complexity index is 892. The molecule has 0 aliphatic carbocycles. The zero-order chi connectivity index (χ0) is 19.1. The highest BCUT2D eigenvalue weighted by Crippen LogP contribution is 2.25. The van der Waals surface area contributed by atoms with Crippen molar-refractivity contribution in [3.63, 3.8) is 0 Å². The molecule has 0 spiro atoms. The van der Waals surface area contributed by atoms with Crippen molar-refractivity contribution in [3.05, 3.63) is 95.6 Å². The quantitative estimate of drug-likeness (QED) is 0.624. The van der Waals surface area contributed by atoms with Crippen LogP contribution in [0.4, 0.5) is 11.4 Å². The molecule has 4 nitrogen and oxygen atoms in total. The van der Waals surface area contributed by atoms with Crippen molar-refractivity contribution in [3.8, 4) is 0 Å². The minimum absolute atomic E-state index is 0.168. The third-order valence-electron chi connectivity index (χ3n) is 4.16. The molecular weight excluding hydrogens is 334 g/mol. The zero-order valence-electron chi connectivity index (χ0n) is 15.9. The Kier molecular flexibility index (Phi) is 6.23. The minimum Gasteiger partial charge on any atom is -0.386 e. The average Bonchev–Trinajstić information content (AvgIpc) is 3.23. The summed E-state index contributed by atoms with van der Waals surface area (Å²) in [4.78, 5) is 10.2. The average molecular weight is 359 g/mol. The Morgan fingerprint density at radius 1 is 0.889 bits per heavy atom. The zero-order valence-corrected chi connectivity index (χ0v) is 15.9. The van der Waals surface area contributed by atoms with Gasteiger partial charge in [0.2, 0.25) is 5.90 Å². The highest BCUT2D eigenvalue weighted by Gasteiger charge is 2.21. The summed E-state index contributed by atoms with van der Waals surface area (Å²) in [5, 5.41) is 3.43. The van der Waals surface area contributed by atoms with E-state index in [-0.39, 0.29) is 6.17 Å². The molecule has 0 saturated heterocycles. The number of hydroxylamine groups is 1. The van der Waals surface area contributed by atoms with Gasteiger partial charge in [-0.2, -0.15) is 0 Å². The molecule has 138 valence electrons. The van der Waals surface area contributed by atoms with Crippen molar-refractivity contribution in [1.29, 1.82) is 0 Å². The van der Waals surface area contributed by atoms with Gasteiger partial charge in [-0.25, -0.2) is 4.99 Å². The highest BCUT2D eigenvalue weighted by atomic mass is 16.7. The van der Waals surface area contributed by atoms with Crippen LogP contribution >= 0.6 is 0 Å². The van der Waals surface area contributed by atoms with E-state index < -0.39 is 0 Å². The smallest absolute Gasteiger partial charge is 0.242 e. The molecular formula is C23H25N3O. The van der Waals surface area contributed by atoms with Gasteiger partial charge in [0.05, 0.1) is 0 Å². The van der Waals surface area contributed by atoms with E-state index >= 15 is 0 Å². The van der Waals surface area contributed by atoms with E-state index in [0.29, 0.717) is 5.90 Å². The van der Waals surface area contributed by atoms with Crippen LogP contribution in [-0.2, 0) is 4.84 Å². The molecule has 2 N–H and O–H groups in total. The number of para-hydroxylation sites is 1. The van der Waals surface area contributed by atoms with E-state index in [9.17, 15) is 0 Å². The summed E-state index contributed by atoms with van der Waals surface area (Å²) >= 11 is 0. The number of nitrogens with zero attached hydrogens (tertiary/aromatic N) is 1. The van der Waals surface area contributed by atoms with E-state index in [2.05, 4.69) is 34.8 Å². The first-order valence-electron chi connectivity index (χ1n) is 9.28. The molecule has 0 amide bonds.